The molecule has 4 rings (SSSR count). The number of halogens is 2. The van der Waals surface area contributed by atoms with Gasteiger partial charge in [0.2, 0.25) is 0 Å². The van der Waals surface area contributed by atoms with E-state index in [0.29, 0.717) is 39.3 Å². The van der Waals surface area contributed by atoms with Gasteiger partial charge in [0.05, 0.1) is 28.5 Å². The minimum absolute atomic E-state index is 0.0702. The van der Waals surface area contributed by atoms with E-state index in [1.165, 1.54) is 18.2 Å². The lowest BCUT2D eigenvalue weighted by Crippen LogP contribution is -2.17. The second kappa shape index (κ2) is 6.66. The van der Waals surface area contributed by atoms with E-state index in [0.717, 1.165) is 0 Å². The van der Waals surface area contributed by atoms with Crippen molar-refractivity contribution in [1.82, 2.24) is 9.78 Å². The zero-order valence-electron chi connectivity index (χ0n) is 13.4. The van der Waals surface area contributed by atoms with Gasteiger partial charge in [-0.25, -0.2) is 9.07 Å². The summed E-state index contributed by atoms with van der Waals surface area (Å²) in [5.74, 6) is -0.194. The molecule has 1 N–H and O–H groups in total. The maximum Gasteiger partial charge on any atom is 0.259 e. The topological polar surface area (TPSA) is 64.0 Å². The molecule has 0 bridgehead atoms. The Kier molecular flexibility index (Phi) is 4.34. The smallest absolute Gasteiger partial charge is 0.259 e. The van der Waals surface area contributed by atoms with Gasteiger partial charge < -0.3 is 5.32 Å². The molecule has 1 unspecified atom stereocenters. The summed E-state index contributed by atoms with van der Waals surface area (Å²) in [6, 6.07) is 12.7. The number of amides is 1. The first-order valence-corrected chi connectivity index (χ1v) is 9.67. The van der Waals surface area contributed by atoms with Gasteiger partial charge in [0, 0.05) is 21.4 Å². The standard InChI is InChI=1S/C18H13ClFN3O2S/c19-11-4-3-5-12(8-11)23-17(14-9-26(25)10-16(14)22-23)21-18(24)13-6-1-2-7-15(13)20/h1-8H,9-10H2,(H,21,24). The monoisotopic (exact) mass is 389 g/mol. The summed E-state index contributed by atoms with van der Waals surface area (Å²) in [7, 11) is -1.06. The molecule has 26 heavy (non-hydrogen) atoms. The molecule has 0 spiro atoms. The average molecular weight is 390 g/mol. The van der Waals surface area contributed by atoms with Crippen molar-refractivity contribution in [2.75, 3.05) is 5.32 Å². The van der Waals surface area contributed by atoms with Crippen molar-refractivity contribution in [1.29, 1.82) is 0 Å². The maximum atomic E-state index is 13.9. The van der Waals surface area contributed by atoms with Crippen molar-refractivity contribution >= 4 is 34.1 Å². The Morgan fingerprint density at radius 1 is 1.19 bits per heavy atom. The van der Waals surface area contributed by atoms with Crippen molar-refractivity contribution in [3.63, 3.8) is 0 Å². The molecule has 0 saturated heterocycles. The van der Waals surface area contributed by atoms with Crippen molar-refractivity contribution in [3.05, 3.63) is 76.2 Å². The molecule has 1 atom stereocenters. The molecule has 0 saturated carbocycles. The Hall–Kier alpha value is -2.51. The van der Waals surface area contributed by atoms with E-state index in [1.54, 1.807) is 35.0 Å². The van der Waals surface area contributed by atoms with Crippen molar-refractivity contribution < 1.29 is 13.4 Å². The van der Waals surface area contributed by atoms with Crippen LogP contribution in [0.1, 0.15) is 21.6 Å². The van der Waals surface area contributed by atoms with Gasteiger partial charge in [-0.05, 0) is 30.3 Å². The minimum atomic E-state index is -1.06. The molecule has 1 amide bonds. The Morgan fingerprint density at radius 3 is 2.77 bits per heavy atom. The fraction of sp³-hybridized carbons (Fsp3) is 0.111. The molecule has 3 aromatic rings. The predicted molar refractivity (Wildman–Crippen MR) is 98.5 cm³/mol. The summed E-state index contributed by atoms with van der Waals surface area (Å²) in [5, 5.41) is 7.73. The number of fused-ring (bicyclic) bond motifs is 1. The number of anilines is 1. The van der Waals surface area contributed by atoms with E-state index in [9.17, 15) is 13.4 Å². The van der Waals surface area contributed by atoms with E-state index < -0.39 is 22.5 Å². The van der Waals surface area contributed by atoms with Gasteiger partial charge in [-0.2, -0.15) is 5.10 Å². The third kappa shape index (κ3) is 3.04. The molecule has 132 valence electrons. The second-order valence-corrected chi connectivity index (χ2v) is 7.72. The van der Waals surface area contributed by atoms with Gasteiger partial charge in [0.25, 0.3) is 5.91 Å². The van der Waals surface area contributed by atoms with Crippen LogP contribution in [0.2, 0.25) is 5.02 Å². The number of hydrogen-bond donors (Lipinski definition) is 1. The summed E-state index contributed by atoms with van der Waals surface area (Å²) in [6.07, 6.45) is 0. The van der Waals surface area contributed by atoms with Gasteiger partial charge >= 0.3 is 0 Å². The highest BCUT2D eigenvalue weighted by molar-refractivity contribution is 7.83. The van der Waals surface area contributed by atoms with Crippen LogP contribution in [0.4, 0.5) is 10.2 Å². The molecular weight excluding hydrogens is 377 g/mol. The van der Waals surface area contributed by atoms with Gasteiger partial charge in [-0.3, -0.25) is 9.00 Å². The molecule has 0 radical (unpaired) electrons. The maximum absolute atomic E-state index is 13.9. The highest BCUT2D eigenvalue weighted by atomic mass is 35.5. The van der Waals surface area contributed by atoms with E-state index in [-0.39, 0.29) is 5.56 Å². The first kappa shape index (κ1) is 16.9. The van der Waals surface area contributed by atoms with Crippen LogP contribution in [0.25, 0.3) is 5.69 Å². The summed E-state index contributed by atoms with van der Waals surface area (Å²) < 4.78 is 27.4. The fourth-order valence-electron chi connectivity index (χ4n) is 2.87. The Bertz CT molecular complexity index is 1050. The molecule has 1 aliphatic heterocycles. The highest BCUT2D eigenvalue weighted by Crippen LogP contribution is 2.32. The van der Waals surface area contributed by atoms with E-state index in [4.69, 9.17) is 11.6 Å². The van der Waals surface area contributed by atoms with Crippen LogP contribution in [0, 0.1) is 5.82 Å². The molecule has 8 heteroatoms. The molecular formula is C18H13ClFN3O2S. The largest absolute Gasteiger partial charge is 0.306 e. The van der Waals surface area contributed by atoms with Crippen molar-refractivity contribution in [2.45, 2.75) is 11.5 Å². The number of rotatable bonds is 3. The fourth-order valence-corrected chi connectivity index (χ4v) is 4.32. The number of aromatic nitrogens is 2. The van der Waals surface area contributed by atoms with E-state index in [2.05, 4.69) is 10.4 Å². The number of hydrogen-bond acceptors (Lipinski definition) is 3. The lowest BCUT2D eigenvalue weighted by molar-refractivity contribution is 0.102. The van der Waals surface area contributed by atoms with Crippen LogP contribution in [-0.4, -0.2) is 19.9 Å². The summed E-state index contributed by atoms with van der Waals surface area (Å²) in [6.45, 7) is 0. The first-order chi connectivity index (χ1) is 12.5. The van der Waals surface area contributed by atoms with E-state index >= 15 is 0 Å². The normalized spacial score (nSPS) is 15.7. The van der Waals surface area contributed by atoms with Gasteiger partial charge in [0.1, 0.15) is 11.6 Å². The van der Waals surface area contributed by atoms with Crippen LogP contribution in [0.5, 0.6) is 0 Å². The molecule has 0 aliphatic carbocycles. The lowest BCUT2D eigenvalue weighted by Gasteiger charge is -2.11. The minimum Gasteiger partial charge on any atom is -0.306 e. The van der Waals surface area contributed by atoms with Crippen LogP contribution in [0.15, 0.2) is 48.5 Å². The molecule has 5 nitrogen and oxygen atoms in total. The van der Waals surface area contributed by atoms with Crippen LogP contribution >= 0.6 is 11.6 Å². The quantitative estimate of drug-likeness (QED) is 0.743. The summed E-state index contributed by atoms with van der Waals surface area (Å²) in [5.41, 5.74) is 1.95. The zero-order valence-corrected chi connectivity index (χ0v) is 15.0. The molecule has 2 heterocycles. The number of carbonyl (C=O) groups excluding carboxylic acids is 1. The number of benzene rings is 2. The van der Waals surface area contributed by atoms with Gasteiger partial charge in [0.15, 0.2) is 0 Å². The third-order valence-electron chi connectivity index (χ3n) is 4.07. The summed E-state index contributed by atoms with van der Waals surface area (Å²) in [4.78, 5) is 12.6. The SMILES string of the molecule is O=C(Nc1c2c(nn1-c1cccc(Cl)c1)CS(=O)C2)c1ccccc1F. The Balaban J connectivity index is 1.78. The van der Waals surface area contributed by atoms with Crippen molar-refractivity contribution in [3.8, 4) is 5.69 Å². The Morgan fingerprint density at radius 2 is 2.00 bits per heavy atom. The number of carbonyl (C=O) groups is 1. The predicted octanol–water partition coefficient (Wildman–Crippen LogP) is 3.68. The molecule has 1 aromatic heterocycles. The molecule has 2 aromatic carbocycles. The van der Waals surface area contributed by atoms with Crippen LogP contribution in [-0.2, 0) is 22.3 Å². The number of nitrogens with one attached hydrogen (secondary N) is 1. The highest BCUT2D eigenvalue weighted by Gasteiger charge is 2.29. The molecule has 0 fully saturated rings. The van der Waals surface area contributed by atoms with Crippen LogP contribution in [0.3, 0.4) is 0 Å². The average Bonchev–Trinajstić information content (AvgIpc) is 3.12. The summed E-state index contributed by atoms with van der Waals surface area (Å²) >= 11 is 6.06. The van der Waals surface area contributed by atoms with Crippen LogP contribution < -0.4 is 5.32 Å². The number of nitrogens with zero attached hydrogens (tertiary/aromatic N) is 2. The zero-order chi connectivity index (χ0) is 18.3. The molecule has 1 aliphatic rings. The van der Waals surface area contributed by atoms with Gasteiger partial charge in [-0.1, -0.05) is 29.8 Å². The Labute approximate surface area is 156 Å². The first-order valence-electron chi connectivity index (χ1n) is 7.80. The second-order valence-electron chi connectivity index (χ2n) is 5.83. The lowest BCUT2D eigenvalue weighted by atomic mass is 10.2. The van der Waals surface area contributed by atoms with Crippen molar-refractivity contribution in [2.24, 2.45) is 0 Å². The van der Waals surface area contributed by atoms with E-state index in [1.807, 2.05) is 0 Å². The third-order valence-corrected chi connectivity index (χ3v) is 5.51. The van der Waals surface area contributed by atoms with Gasteiger partial charge in [-0.15, -0.1) is 0 Å².